The minimum absolute atomic E-state index is 0.154. The summed E-state index contributed by atoms with van der Waals surface area (Å²) in [7, 11) is 0. The van der Waals surface area contributed by atoms with E-state index in [2.05, 4.69) is 35.4 Å². The van der Waals surface area contributed by atoms with E-state index in [1.165, 1.54) is 16.8 Å². The van der Waals surface area contributed by atoms with Crippen molar-refractivity contribution >= 4 is 30.7 Å². The van der Waals surface area contributed by atoms with Gasteiger partial charge in [0.1, 0.15) is 6.34 Å². The lowest BCUT2D eigenvalue weighted by Crippen LogP contribution is -1.95. The zero-order valence-electron chi connectivity index (χ0n) is 11.0. The van der Waals surface area contributed by atoms with Gasteiger partial charge in [-0.25, -0.2) is 4.99 Å². The van der Waals surface area contributed by atoms with E-state index in [0.29, 0.717) is 0 Å². The van der Waals surface area contributed by atoms with Gasteiger partial charge in [-0.2, -0.15) is 0 Å². The van der Waals surface area contributed by atoms with Crippen LogP contribution in [0.1, 0.15) is 5.56 Å². The monoisotopic (exact) mass is 281 g/mol. The Morgan fingerprint density at radius 3 is 2.95 bits per heavy atom. The van der Waals surface area contributed by atoms with E-state index in [1.54, 1.807) is 11.8 Å². The average Bonchev–Trinajstić information content (AvgIpc) is 2.52. The number of benzene rings is 1. The van der Waals surface area contributed by atoms with Crippen LogP contribution in [-0.2, 0) is 6.42 Å². The van der Waals surface area contributed by atoms with Crippen molar-refractivity contribution in [3.8, 4) is 0 Å². The summed E-state index contributed by atoms with van der Waals surface area (Å²) in [5, 5.41) is 7.92. The largest absolute Gasteiger partial charge is 0.282 e. The van der Waals surface area contributed by atoms with Crippen molar-refractivity contribution in [3.63, 3.8) is 0 Å². The van der Waals surface area contributed by atoms with Crippen molar-refractivity contribution in [2.24, 2.45) is 9.98 Å². The normalized spacial score (nSPS) is 19.2. The third-order valence-electron chi connectivity index (χ3n) is 2.71. The van der Waals surface area contributed by atoms with E-state index < -0.39 is 0 Å². The SMILES string of the molecule is C=NC=NC(=N)C1=C/C(=C)Sc2ccccc2C/C=C\1. The molecule has 0 unspecified atom stereocenters. The molecule has 1 N–H and O–H groups in total. The fourth-order valence-corrected chi connectivity index (χ4v) is 2.69. The maximum absolute atomic E-state index is 7.92. The number of aliphatic imine (C=N–C) groups is 2. The van der Waals surface area contributed by atoms with Crippen molar-refractivity contribution in [2.45, 2.75) is 11.3 Å². The predicted molar refractivity (Wildman–Crippen MR) is 88.1 cm³/mol. The van der Waals surface area contributed by atoms with Gasteiger partial charge in [-0.05, 0) is 30.8 Å². The number of hydrogen-bond acceptors (Lipinski definition) is 2. The van der Waals surface area contributed by atoms with E-state index in [9.17, 15) is 0 Å². The molecule has 4 heteroatoms. The summed E-state index contributed by atoms with van der Waals surface area (Å²) in [5.41, 5.74) is 1.97. The molecular formula is C16H15N3S. The van der Waals surface area contributed by atoms with Gasteiger partial charge in [0.25, 0.3) is 0 Å². The van der Waals surface area contributed by atoms with Gasteiger partial charge in [-0.1, -0.05) is 48.7 Å². The zero-order valence-corrected chi connectivity index (χ0v) is 11.9. The summed E-state index contributed by atoms with van der Waals surface area (Å²) in [4.78, 5) is 9.51. The van der Waals surface area contributed by atoms with Crippen molar-refractivity contribution in [1.82, 2.24) is 0 Å². The number of hydrogen-bond donors (Lipinski definition) is 1. The third-order valence-corrected chi connectivity index (χ3v) is 3.71. The first-order chi connectivity index (χ1) is 9.70. The fourth-order valence-electron chi connectivity index (χ4n) is 1.80. The zero-order chi connectivity index (χ0) is 14.4. The number of fused-ring (bicyclic) bond motifs is 1. The van der Waals surface area contributed by atoms with Crippen LogP contribution in [0.4, 0.5) is 0 Å². The summed E-state index contributed by atoms with van der Waals surface area (Å²) in [6.45, 7) is 7.35. The Bertz CT molecular complexity index is 639. The van der Waals surface area contributed by atoms with E-state index in [0.717, 1.165) is 16.9 Å². The van der Waals surface area contributed by atoms with Crippen LogP contribution in [-0.4, -0.2) is 18.9 Å². The van der Waals surface area contributed by atoms with Gasteiger partial charge in [-0.3, -0.25) is 10.4 Å². The molecule has 20 heavy (non-hydrogen) atoms. The van der Waals surface area contributed by atoms with Gasteiger partial charge in [0.15, 0.2) is 5.84 Å². The highest BCUT2D eigenvalue weighted by Gasteiger charge is 2.07. The van der Waals surface area contributed by atoms with Gasteiger partial charge in [0.2, 0.25) is 0 Å². The molecule has 1 aliphatic rings. The molecule has 1 aromatic rings. The number of thioether (sulfide) groups is 1. The fraction of sp³-hybridized carbons (Fsp3) is 0.0625. The molecule has 1 heterocycles. The summed E-state index contributed by atoms with van der Waals surface area (Å²) in [5.74, 6) is 0.154. The number of allylic oxidation sites excluding steroid dienone is 2. The Kier molecular flexibility index (Phi) is 4.85. The first-order valence-corrected chi connectivity index (χ1v) is 6.92. The van der Waals surface area contributed by atoms with E-state index in [4.69, 9.17) is 5.41 Å². The Morgan fingerprint density at radius 2 is 2.15 bits per heavy atom. The molecular weight excluding hydrogens is 266 g/mol. The minimum Gasteiger partial charge on any atom is -0.282 e. The van der Waals surface area contributed by atoms with Crippen LogP contribution in [0, 0.1) is 5.41 Å². The summed E-state index contributed by atoms with van der Waals surface area (Å²) >= 11 is 1.61. The van der Waals surface area contributed by atoms with Gasteiger partial charge >= 0.3 is 0 Å². The standard InChI is InChI=1S/C16H15N3S/c1-12-10-14(16(17)19-11-18-2)8-5-7-13-6-3-4-9-15(13)20-12/h3-6,8-11,17H,1-2,7H2/b8-5-,14-10+,17-16?,19-11?. The Morgan fingerprint density at radius 1 is 1.35 bits per heavy atom. The molecule has 1 aliphatic heterocycles. The summed E-state index contributed by atoms with van der Waals surface area (Å²) < 4.78 is 0. The molecule has 0 saturated heterocycles. The quantitative estimate of drug-likeness (QED) is 0.645. The smallest absolute Gasteiger partial charge is 0.153 e. The second-order valence-corrected chi connectivity index (χ2v) is 5.33. The average molecular weight is 281 g/mol. The number of amidine groups is 1. The first-order valence-electron chi connectivity index (χ1n) is 6.11. The molecule has 2 rings (SSSR count). The van der Waals surface area contributed by atoms with Crippen molar-refractivity contribution in [3.05, 3.63) is 65.1 Å². The van der Waals surface area contributed by atoms with Gasteiger partial charge < -0.3 is 0 Å². The summed E-state index contributed by atoms with van der Waals surface area (Å²) in [6, 6.07) is 8.25. The Balaban J connectivity index is 2.31. The molecule has 0 amide bonds. The topological polar surface area (TPSA) is 48.6 Å². The lowest BCUT2D eigenvalue weighted by Gasteiger charge is -2.06. The molecule has 0 radical (unpaired) electrons. The maximum Gasteiger partial charge on any atom is 0.153 e. The van der Waals surface area contributed by atoms with Gasteiger partial charge in [0, 0.05) is 15.4 Å². The molecule has 0 fully saturated rings. The summed E-state index contributed by atoms with van der Waals surface area (Å²) in [6.07, 6.45) is 7.90. The van der Waals surface area contributed by atoms with Gasteiger partial charge in [0.05, 0.1) is 0 Å². The minimum atomic E-state index is 0.154. The maximum atomic E-state index is 7.92. The van der Waals surface area contributed by atoms with Crippen LogP contribution in [0.5, 0.6) is 0 Å². The molecule has 0 spiro atoms. The molecule has 3 nitrogen and oxygen atoms in total. The molecule has 0 aliphatic carbocycles. The van der Waals surface area contributed by atoms with Crippen LogP contribution in [0.15, 0.2) is 74.4 Å². The van der Waals surface area contributed by atoms with Crippen molar-refractivity contribution in [1.29, 1.82) is 5.41 Å². The molecule has 0 atom stereocenters. The van der Waals surface area contributed by atoms with Crippen LogP contribution in [0.25, 0.3) is 0 Å². The van der Waals surface area contributed by atoms with Crippen molar-refractivity contribution in [2.75, 3.05) is 0 Å². The van der Waals surface area contributed by atoms with Crippen LogP contribution in [0.2, 0.25) is 0 Å². The second kappa shape index (κ2) is 6.82. The molecule has 0 bridgehead atoms. The molecule has 1 aromatic carbocycles. The number of rotatable bonds is 2. The molecule has 0 saturated carbocycles. The first kappa shape index (κ1) is 14.2. The van der Waals surface area contributed by atoms with Crippen LogP contribution >= 0.6 is 11.8 Å². The Labute approximate surface area is 123 Å². The number of nitrogens with zero attached hydrogens (tertiary/aromatic N) is 2. The van der Waals surface area contributed by atoms with E-state index in [-0.39, 0.29) is 5.84 Å². The molecule has 100 valence electrons. The number of nitrogens with one attached hydrogen (secondary N) is 1. The highest BCUT2D eigenvalue weighted by atomic mass is 32.2. The van der Waals surface area contributed by atoms with Crippen LogP contribution < -0.4 is 0 Å². The third kappa shape index (κ3) is 3.65. The lowest BCUT2D eigenvalue weighted by atomic mass is 10.1. The lowest BCUT2D eigenvalue weighted by molar-refractivity contribution is 1.18. The van der Waals surface area contributed by atoms with Crippen LogP contribution in [0.3, 0.4) is 0 Å². The highest BCUT2D eigenvalue weighted by molar-refractivity contribution is 8.03. The van der Waals surface area contributed by atoms with E-state index >= 15 is 0 Å². The van der Waals surface area contributed by atoms with E-state index in [1.807, 2.05) is 30.4 Å². The molecule has 0 aromatic heterocycles. The van der Waals surface area contributed by atoms with Crippen molar-refractivity contribution < 1.29 is 0 Å². The Hall–Kier alpha value is -2.20. The predicted octanol–water partition coefficient (Wildman–Crippen LogP) is 4.04. The van der Waals surface area contributed by atoms with Gasteiger partial charge in [-0.15, -0.1) is 0 Å². The highest BCUT2D eigenvalue weighted by Crippen LogP contribution is 2.31. The second-order valence-electron chi connectivity index (χ2n) is 4.16.